The summed E-state index contributed by atoms with van der Waals surface area (Å²) < 4.78 is 66.6. The number of alkyl halides is 2. The van der Waals surface area contributed by atoms with Gasteiger partial charge in [0.25, 0.3) is 15.9 Å². The number of sulfonamides is 1. The molecule has 1 heterocycles. The van der Waals surface area contributed by atoms with E-state index in [1.807, 2.05) is 0 Å². The lowest BCUT2D eigenvalue weighted by Gasteiger charge is -2.12. The van der Waals surface area contributed by atoms with Crippen LogP contribution >= 0.6 is 11.6 Å². The molecule has 0 saturated heterocycles. The molecule has 0 bridgehead atoms. The van der Waals surface area contributed by atoms with Crippen molar-refractivity contribution in [2.75, 3.05) is 11.3 Å². The van der Waals surface area contributed by atoms with Crippen LogP contribution in [0.25, 0.3) is 0 Å². The van der Waals surface area contributed by atoms with Gasteiger partial charge in [-0.1, -0.05) is 11.6 Å². The van der Waals surface area contributed by atoms with E-state index in [2.05, 4.69) is 15.0 Å². The lowest BCUT2D eigenvalue weighted by Crippen LogP contribution is -2.26. The first kappa shape index (κ1) is 22.6. The SMILES string of the molecule is O=C(NCCc1nccn1C(F)F)c1ccc(Cl)c(NS(=O)(=O)c2ccc(F)cc2)c1. The molecule has 0 saturated carbocycles. The maximum Gasteiger partial charge on any atom is 0.319 e. The highest BCUT2D eigenvalue weighted by Gasteiger charge is 2.18. The fourth-order valence-corrected chi connectivity index (χ4v) is 3.96. The summed E-state index contributed by atoms with van der Waals surface area (Å²) in [6.07, 6.45) is 2.45. The topological polar surface area (TPSA) is 93.1 Å². The Morgan fingerprint density at radius 3 is 2.55 bits per heavy atom. The Hall–Kier alpha value is -3.05. The molecule has 1 aromatic heterocycles. The molecule has 0 spiro atoms. The van der Waals surface area contributed by atoms with Crippen LogP contribution in [0.3, 0.4) is 0 Å². The first-order valence-corrected chi connectivity index (χ1v) is 10.7. The molecule has 0 radical (unpaired) electrons. The molecule has 1 amide bonds. The zero-order chi connectivity index (χ0) is 22.6. The number of nitrogens with zero attached hydrogens (tertiary/aromatic N) is 2. The first-order valence-electron chi connectivity index (χ1n) is 8.83. The third kappa shape index (κ3) is 5.56. The maximum absolute atomic E-state index is 13.0. The van der Waals surface area contributed by atoms with E-state index in [-0.39, 0.29) is 40.0 Å². The zero-order valence-electron chi connectivity index (χ0n) is 15.7. The van der Waals surface area contributed by atoms with E-state index in [1.165, 1.54) is 24.4 Å². The van der Waals surface area contributed by atoms with Gasteiger partial charge in [-0.25, -0.2) is 17.8 Å². The number of amides is 1. The zero-order valence-corrected chi connectivity index (χ0v) is 17.3. The second kappa shape index (κ2) is 9.40. The van der Waals surface area contributed by atoms with Crippen molar-refractivity contribution in [1.29, 1.82) is 0 Å². The van der Waals surface area contributed by atoms with Gasteiger partial charge < -0.3 is 5.32 Å². The highest BCUT2D eigenvalue weighted by Crippen LogP contribution is 2.26. The molecular weight excluding hydrogens is 457 g/mol. The van der Waals surface area contributed by atoms with Crippen LogP contribution in [0.15, 0.2) is 59.8 Å². The summed E-state index contributed by atoms with van der Waals surface area (Å²) in [7, 11) is -4.07. The van der Waals surface area contributed by atoms with Crippen molar-refractivity contribution in [3.63, 3.8) is 0 Å². The summed E-state index contributed by atoms with van der Waals surface area (Å²) in [6, 6.07) is 8.13. The van der Waals surface area contributed by atoms with Crippen LogP contribution < -0.4 is 10.0 Å². The number of carbonyl (C=O) groups excluding carboxylic acids is 1. The van der Waals surface area contributed by atoms with Gasteiger partial charge in [-0.3, -0.25) is 14.1 Å². The first-order chi connectivity index (χ1) is 14.7. The van der Waals surface area contributed by atoms with Crippen LogP contribution in [-0.4, -0.2) is 30.4 Å². The Kier molecular flexibility index (Phi) is 6.86. The largest absolute Gasteiger partial charge is 0.352 e. The fraction of sp³-hybridized carbons (Fsp3) is 0.158. The van der Waals surface area contributed by atoms with Gasteiger partial charge in [-0.2, -0.15) is 8.78 Å². The van der Waals surface area contributed by atoms with E-state index in [0.29, 0.717) is 4.57 Å². The predicted octanol–water partition coefficient (Wildman–Crippen LogP) is 3.84. The number of anilines is 1. The monoisotopic (exact) mass is 472 g/mol. The summed E-state index contributed by atoms with van der Waals surface area (Å²) in [4.78, 5) is 16.0. The minimum Gasteiger partial charge on any atom is -0.352 e. The number of aromatic nitrogens is 2. The van der Waals surface area contributed by atoms with Gasteiger partial charge in [0.05, 0.1) is 15.6 Å². The average molecular weight is 473 g/mol. The number of halogens is 4. The Labute approximate surface area is 180 Å². The Morgan fingerprint density at radius 1 is 1.16 bits per heavy atom. The van der Waals surface area contributed by atoms with Crippen LogP contribution in [0.4, 0.5) is 18.9 Å². The van der Waals surface area contributed by atoms with Crippen LogP contribution in [-0.2, 0) is 16.4 Å². The lowest BCUT2D eigenvalue weighted by molar-refractivity contribution is 0.0670. The number of rotatable bonds is 8. The van der Waals surface area contributed by atoms with E-state index in [1.54, 1.807) is 0 Å². The van der Waals surface area contributed by atoms with Gasteiger partial charge in [0.1, 0.15) is 11.6 Å². The third-order valence-corrected chi connectivity index (χ3v) is 5.90. The molecule has 0 atom stereocenters. The minimum absolute atomic E-state index is 0.0296. The number of hydrogen-bond acceptors (Lipinski definition) is 4. The lowest BCUT2D eigenvalue weighted by atomic mass is 10.2. The van der Waals surface area contributed by atoms with Gasteiger partial charge in [0, 0.05) is 30.9 Å². The number of carbonyl (C=O) groups is 1. The predicted molar refractivity (Wildman–Crippen MR) is 108 cm³/mol. The molecule has 2 aromatic carbocycles. The molecule has 164 valence electrons. The third-order valence-electron chi connectivity index (χ3n) is 4.19. The van der Waals surface area contributed by atoms with Crippen molar-refractivity contribution < 1.29 is 26.4 Å². The highest BCUT2D eigenvalue weighted by atomic mass is 35.5. The number of imidazole rings is 1. The molecule has 0 aliphatic heterocycles. The van der Waals surface area contributed by atoms with Crippen molar-refractivity contribution >= 4 is 33.2 Å². The van der Waals surface area contributed by atoms with Crippen LogP contribution in [0, 0.1) is 5.82 Å². The van der Waals surface area contributed by atoms with Crippen LogP contribution in [0.1, 0.15) is 22.7 Å². The minimum atomic E-state index is -4.07. The van der Waals surface area contributed by atoms with E-state index in [9.17, 15) is 26.4 Å². The fourth-order valence-electron chi connectivity index (χ4n) is 2.67. The molecular formula is C19H16ClF3N4O3S. The Bertz CT molecular complexity index is 1180. The quantitative estimate of drug-likeness (QED) is 0.521. The van der Waals surface area contributed by atoms with E-state index >= 15 is 0 Å². The van der Waals surface area contributed by atoms with E-state index in [4.69, 9.17) is 11.6 Å². The van der Waals surface area contributed by atoms with Crippen LogP contribution in [0.5, 0.6) is 0 Å². The van der Waals surface area contributed by atoms with Gasteiger partial charge in [-0.05, 0) is 42.5 Å². The number of hydrogen-bond donors (Lipinski definition) is 2. The summed E-state index contributed by atoms with van der Waals surface area (Å²) >= 11 is 6.04. The van der Waals surface area contributed by atoms with Gasteiger partial charge >= 0.3 is 6.55 Å². The summed E-state index contributed by atoms with van der Waals surface area (Å²) in [5.74, 6) is -1.04. The Balaban J connectivity index is 1.69. The molecule has 3 aromatic rings. The number of nitrogens with one attached hydrogen (secondary N) is 2. The molecule has 0 unspecified atom stereocenters. The Morgan fingerprint density at radius 2 is 1.87 bits per heavy atom. The molecule has 0 aliphatic carbocycles. The second-order valence-electron chi connectivity index (χ2n) is 6.29. The number of benzene rings is 2. The molecule has 2 N–H and O–H groups in total. The smallest absolute Gasteiger partial charge is 0.319 e. The summed E-state index contributed by atoms with van der Waals surface area (Å²) in [5.41, 5.74) is 0.0466. The molecule has 3 rings (SSSR count). The normalized spacial score (nSPS) is 11.5. The van der Waals surface area contributed by atoms with Gasteiger partial charge in [-0.15, -0.1) is 0 Å². The molecule has 0 fully saturated rings. The van der Waals surface area contributed by atoms with Crippen molar-refractivity contribution in [3.8, 4) is 0 Å². The van der Waals surface area contributed by atoms with E-state index in [0.717, 1.165) is 30.5 Å². The van der Waals surface area contributed by atoms with Gasteiger partial charge in [0.15, 0.2) is 0 Å². The molecule has 7 nitrogen and oxygen atoms in total. The second-order valence-corrected chi connectivity index (χ2v) is 8.38. The van der Waals surface area contributed by atoms with E-state index < -0.39 is 28.3 Å². The standard InChI is InChI=1S/C19H16ClF3N4O3S/c20-15-6-1-12(18(28)25-8-7-17-24-9-10-27(17)19(22)23)11-16(15)26-31(29,30)14-4-2-13(21)3-5-14/h1-6,9-11,19,26H,7-8H2,(H,25,28). The van der Waals surface area contributed by atoms with Crippen molar-refractivity contribution in [1.82, 2.24) is 14.9 Å². The summed E-state index contributed by atoms with van der Waals surface area (Å²) in [6.45, 7) is -2.71. The molecule has 0 aliphatic rings. The van der Waals surface area contributed by atoms with Crippen LogP contribution in [0.2, 0.25) is 5.02 Å². The average Bonchev–Trinajstić information content (AvgIpc) is 3.18. The van der Waals surface area contributed by atoms with Crippen molar-refractivity contribution in [2.45, 2.75) is 17.9 Å². The van der Waals surface area contributed by atoms with Crippen molar-refractivity contribution in [2.24, 2.45) is 0 Å². The summed E-state index contributed by atoms with van der Waals surface area (Å²) in [5, 5.41) is 2.59. The molecule has 12 heteroatoms. The van der Waals surface area contributed by atoms with Gasteiger partial charge in [0.2, 0.25) is 0 Å². The highest BCUT2D eigenvalue weighted by molar-refractivity contribution is 7.92. The molecule has 31 heavy (non-hydrogen) atoms. The van der Waals surface area contributed by atoms with Crippen molar-refractivity contribution in [3.05, 3.63) is 77.1 Å². The maximum atomic E-state index is 13.0.